The first-order chi connectivity index (χ1) is 9.90. The maximum atomic E-state index is 12.0. The van der Waals surface area contributed by atoms with E-state index >= 15 is 0 Å². The molecule has 0 heterocycles. The van der Waals surface area contributed by atoms with E-state index in [0.717, 1.165) is 12.0 Å². The van der Waals surface area contributed by atoms with Gasteiger partial charge in [0.15, 0.2) is 0 Å². The molecule has 1 rings (SSSR count). The average Bonchev–Trinajstić information content (AvgIpc) is 2.43. The van der Waals surface area contributed by atoms with Crippen LogP contribution in [0.25, 0.3) is 0 Å². The fourth-order valence-corrected chi connectivity index (χ4v) is 2.34. The van der Waals surface area contributed by atoms with Gasteiger partial charge in [0.25, 0.3) is 0 Å². The molecule has 0 saturated heterocycles. The van der Waals surface area contributed by atoms with Crippen molar-refractivity contribution in [1.82, 2.24) is 10.2 Å². The zero-order chi connectivity index (χ0) is 15.8. The summed E-state index contributed by atoms with van der Waals surface area (Å²) in [5.74, 6) is 0.628. The molecular formula is C17H29N3O. The van der Waals surface area contributed by atoms with Gasteiger partial charge in [0, 0.05) is 25.0 Å². The van der Waals surface area contributed by atoms with Crippen LogP contribution in [0.2, 0.25) is 0 Å². The van der Waals surface area contributed by atoms with Gasteiger partial charge in [-0.05, 0) is 32.0 Å². The van der Waals surface area contributed by atoms with E-state index in [4.69, 9.17) is 5.73 Å². The van der Waals surface area contributed by atoms with Gasteiger partial charge in [-0.25, -0.2) is 0 Å². The van der Waals surface area contributed by atoms with E-state index in [1.54, 1.807) is 0 Å². The largest absolute Gasteiger partial charge is 0.354 e. The molecule has 118 valence electrons. The van der Waals surface area contributed by atoms with Crippen LogP contribution in [0, 0.1) is 5.92 Å². The highest BCUT2D eigenvalue weighted by atomic mass is 16.1. The molecule has 4 nitrogen and oxygen atoms in total. The van der Waals surface area contributed by atoms with Gasteiger partial charge in [-0.2, -0.15) is 0 Å². The summed E-state index contributed by atoms with van der Waals surface area (Å²) >= 11 is 0. The minimum atomic E-state index is -0.242. The summed E-state index contributed by atoms with van der Waals surface area (Å²) < 4.78 is 0. The number of nitrogens with two attached hydrogens (primary N) is 1. The molecule has 1 aromatic carbocycles. The van der Waals surface area contributed by atoms with Gasteiger partial charge in [-0.1, -0.05) is 44.2 Å². The molecule has 0 aliphatic heterocycles. The van der Waals surface area contributed by atoms with Gasteiger partial charge in [0.05, 0.1) is 0 Å². The number of nitrogens with zero attached hydrogens (tertiary/aromatic N) is 1. The number of likely N-dealkylation sites (N-methyl/N-ethyl adjacent to an activating group) is 1. The minimum absolute atomic E-state index is 0.0157. The molecule has 0 bridgehead atoms. The molecule has 1 aromatic rings. The molecule has 3 N–H and O–H groups in total. The Morgan fingerprint density at radius 2 is 1.86 bits per heavy atom. The monoisotopic (exact) mass is 291 g/mol. The normalized spacial score (nSPS) is 14.2. The van der Waals surface area contributed by atoms with Gasteiger partial charge >= 0.3 is 0 Å². The van der Waals surface area contributed by atoms with Crippen LogP contribution in [0.5, 0.6) is 0 Å². The highest BCUT2D eigenvalue weighted by Crippen LogP contribution is 2.13. The molecule has 0 aliphatic rings. The molecule has 0 fully saturated rings. The van der Waals surface area contributed by atoms with Crippen LogP contribution in [0.4, 0.5) is 0 Å². The Hall–Kier alpha value is -1.39. The highest BCUT2D eigenvalue weighted by Gasteiger charge is 2.16. The second-order valence-corrected chi connectivity index (χ2v) is 6.27. The summed E-state index contributed by atoms with van der Waals surface area (Å²) in [4.78, 5) is 14.2. The van der Waals surface area contributed by atoms with E-state index in [-0.39, 0.29) is 11.9 Å². The van der Waals surface area contributed by atoms with Crippen molar-refractivity contribution in [3.8, 4) is 0 Å². The molecule has 2 atom stereocenters. The molecular weight excluding hydrogens is 262 g/mol. The van der Waals surface area contributed by atoms with Crippen molar-refractivity contribution in [3.05, 3.63) is 35.9 Å². The predicted octanol–water partition coefficient (Wildman–Crippen LogP) is 2.17. The molecule has 0 spiro atoms. The van der Waals surface area contributed by atoms with Crippen molar-refractivity contribution in [1.29, 1.82) is 0 Å². The van der Waals surface area contributed by atoms with Crippen LogP contribution in [0.3, 0.4) is 0 Å². The lowest BCUT2D eigenvalue weighted by molar-refractivity contribution is -0.121. The van der Waals surface area contributed by atoms with Gasteiger partial charge in [-0.3, -0.25) is 4.79 Å². The average molecular weight is 291 g/mol. The molecule has 4 heteroatoms. The maximum Gasteiger partial charge on any atom is 0.221 e. The van der Waals surface area contributed by atoms with Gasteiger partial charge in [0.1, 0.15) is 0 Å². The molecule has 0 saturated carbocycles. The third-order valence-corrected chi connectivity index (χ3v) is 3.64. The van der Waals surface area contributed by atoms with Crippen LogP contribution in [0.1, 0.15) is 38.3 Å². The number of hydrogen-bond acceptors (Lipinski definition) is 3. The number of hydrogen-bond donors (Lipinski definition) is 2. The quantitative estimate of drug-likeness (QED) is 0.772. The summed E-state index contributed by atoms with van der Waals surface area (Å²) in [6, 6.07) is 9.87. The maximum absolute atomic E-state index is 12.0. The van der Waals surface area contributed by atoms with Gasteiger partial charge in [-0.15, -0.1) is 0 Å². The van der Waals surface area contributed by atoms with Crippen LogP contribution >= 0.6 is 0 Å². The second kappa shape index (κ2) is 8.80. The van der Waals surface area contributed by atoms with Crippen LogP contribution < -0.4 is 11.1 Å². The minimum Gasteiger partial charge on any atom is -0.354 e. The number of amides is 1. The summed E-state index contributed by atoms with van der Waals surface area (Å²) in [7, 11) is 4.10. The zero-order valence-electron chi connectivity index (χ0n) is 13.7. The third-order valence-electron chi connectivity index (χ3n) is 3.64. The van der Waals surface area contributed by atoms with Crippen LogP contribution in [0.15, 0.2) is 30.3 Å². The smallest absolute Gasteiger partial charge is 0.221 e. The van der Waals surface area contributed by atoms with E-state index < -0.39 is 0 Å². The van der Waals surface area contributed by atoms with Crippen molar-refractivity contribution in [2.75, 3.05) is 20.6 Å². The first kappa shape index (κ1) is 17.7. The summed E-state index contributed by atoms with van der Waals surface area (Å²) in [6.45, 7) is 5.07. The van der Waals surface area contributed by atoms with E-state index in [0.29, 0.717) is 24.9 Å². The van der Waals surface area contributed by atoms with E-state index in [9.17, 15) is 4.79 Å². The fourth-order valence-electron chi connectivity index (χ4n) is 2.34. The lowest BCUT2D eigenvalue weighted by Gasteiger charge is -2.26. The SMILES string of the molecule is CC(C)CC(CNC(=O)CC(N)c1ccccc1)N(C)C. The Balaban J connectivity index is 2.42. The van der Waals surface area contributed by atoms with Crippen LogP contribution in [-0.2, 0) is 4.79 Å². The number of rotatable bonds is 8. The van der Waals surface area contributed by atoms with Crippen molar-refractivity contribution >= 4 is 5.91 Å². The van der Waals surface area contributed by atoms with Gasteiger partial charge < -0.3 is 16.0 Å². The lowest BCUT2D eigenvalue weighted by atomic mass is 10.0. The molecule has 21 heavy (non-hydrogen) atoms. The summed E-state index contributed by atoms with van der Waals surface area (Å²) in [5, 5.41) is 3.01. The first-order valence-corrected chi connectivity index (χ1v) is 7.63. The number of benzene rings is 1. The summed E-state index contributed by atoms with van der Waals surface area (Å²) in [5.41, 5.74) is 7.07. The fraction of sp³-hybridized carbons (Fsp3) is 0.588. The highest BCUT2D eigenvalue weighted by molar-refractivity contribution is 5.76. The third kappa shape index (κ3) is 6.74. The Morgan fingerprint density at radius 3 is 2.38 bits per heavy atom. The van der Waals surface area contributed by atoms with Gasteiger partial charge in [0.2, 0.25) is 5.91 Å². The van der Waals surface area contributed by atoms with E-state index in [2.05, 4.69) is 38.2 Å². The number of nitrogens with one attached hydrogen (secondary N) is 1. The Labute approximate surface area is 128 Å². The second-order valence-electron chi connectivity index (χ2n) is 6.27. The lowest BCUT2D eigenvalue weighted by Crippen LogP contribution is -2.41. The number of carbonyl (C=O) groups excluding carboxylic acids is 1. The van der Waals surface area contributed by atoms with Crippen molar-refractivity contribution in [2.45, 2.75) is 38.8 Å². The van der Waals surface area contributed by atoms with E-state index in [1.807, 2.05) is 30.3 Å². The van der Waals surface area contributed by atoms with Crippen molar-refractivity contribution in [2.24, 2.45) is 11.7 Å². The van der Waals surface area contributed by atoms with Crippen molar-refractivity contribution in [3.63, 3.8) is 0 Å². The predicted molar refractivity (Wildman–Crippen MR) is 87.9 cm³/mol. The molecule has 1 amide bonds. The molecule has 0 aliphatic carbocycles. The zero-order valence-corrected chi connectivity index (χ0v) is 13.7. The molecule has 0 aromatic heterocycles. The Morgan fingerprint density at radius 1 is 1.24 bits per heavy atom. The Kier molecular flexibility index (Phi) is 7.40. The van der Waals surface area contributed by atoms with Crippen LogP contribution in [-0.4, -0.2) is 37.5 Å². The standard InChI is InChI=1S/C17H29N3O/c1-13(2)10-15(20(3)4)12-19-17(21)11-16(18)14-8-6-5-7-9-14/h5-9,13,15-16H,10-12,18H2,1-4H3,(H,19,21). The number of carbonyl (C=O) groups is 1. The topological polar surface area (TPSA) is 58.4 Å². The Bertz CT molecular complexity index is 417. The summed E-state index contributed by atoms with van der Waals surface area (Å²) in [6.07, 6.45) is 1.39. The first-order valence-electron chi connectivity index (χ1n) is 7.63. The van der Waals surface area contributed by atoms with Crippen molar-refractivity contribution < 1.29 is 4.79 Å². The molecule has 0 radical (unpaired) electrons. The van der Waals surface area contributed by atoms with E-state index in [1.165, 1.54) is 0 Å². The molecule has 2 unspecified atom stereocenters.